The van der Waals surface area contributed by atoms with Crippen LogP contribution in [0.5, 0.6) is 0 Å². The van der Waals surface area contributed by atoms with Crippen LogP contribution in [0.3, 0.4) is 0 Å². The van der Waals surface area contributed by atoms with Crippen molar-refractivity contribution in [3.8, 4) is 11.1 Å². The summed E-state index contributed by atoms with van der Waals surface area (Å²) >= 11 is 8.17. The third kappa shape index (κ3) is 3.31. The number of pyridine rings is 1. The number of benzene rings is 1. The van der Waals surface area contributed by atoms with Crippen LogP contribution in [0.15, 0.2) is 30.5 Å². The van der Waals surface area contributed by atoms with Crippen LogP contribution in [-0.4, -0.2) is 47.5 Å². The Kier molecular flexibility index (Phi) is 4.93. The van der Waals surface area contributed by atoms with Crippen molar-refractivity contribution in [3.05, 3.63) is 45.9 Å². The predicted molar refractivity (Wildman–Crippen MR) is 125 cm³/mol. The smallest absolute Gasteiger partial charge is 0.230 e. The van der Waals surface area contributed by atoms with Crippen LogP contribution in [0, 0.1) is 0 Å². The number of aromatic nitrogens is 1. The number of thiophene rings is 1. The zero-order chi connectivity index (χ0) is 21.8. The van der Waals surface area contributed by atoms with Crippen molar-refractivity contribution in [2.24, 2.45) is 0 Å². The molecule has 2 saturated heterocycles. The molecule has 0 atom stereocenters. The molecule has 0 bridgehead atoms. The minimum atomic E-state index is -0.0945. The number of anilines is 1. The molecule has 2 aromatic heterocycles. The molecule has 0 radical (unpaired) electrons. The maximum Gasteiger partial charge on any atom is 0.230 e. The second-order valence-electron chi connectivity index (χ2n) is 8.61. The monoisotopic (exact) mass is 467 g/mol. The summed E-state index contributed by atoms with van der Waals surface area (Å²) in [5, 5.41) is 0.737. The van der Waals surface area contributed by atoms with E-state index in [1.165, 1.54) is 16.2 Å². The van der Waals surface area contributed by atoms with Gasteiger partial charge < -0.3 is 9.64 Å². The number of rotatable bonds is 4. The number of ether oxygens (including phenoxy) is 1. The Morgan fingerprint density at radius 1 is 1.09 bits per heavy atom. The molecule has 0 saturated carbocycles. The second kappa shape index (κ2) is 7.83. The Bertz CT molecular complexity index is 1240. The fourth-order valence-corrected chi connectivity index (χ4v) is 6.31. The zero-order valence-electron chi connectivity index (χ0n) is 17.5. The molecule has 6 nitrogen and oxygen atoms in total. The Hall–Kier alpha value is -2.48. The van der Waals surface area contributed by atoms with E-state index in [-0.39, 0.29) is 11.8 Å². The van der Waals surface area contributed by atoms with E-state index in [0.29, 0.717) is 25.4 Å². The van der Waals surface area contributed by atoms with E-state index in [4.69, 9.17) is 16.3 Å². The highest BCUT2D eigenvalue weighted by atomic mass is 35.5. The van der Waals surface area contributed by atoms with Gasteiger partial charge in [0.25, 0.3) is 0 Å². The third-order valence-corrected chi connectivity index (χ3v) is 7.93. The van der Waals surface area contributed by atoms with Crippen molar-refractivity contribution < 1.29 is 14.3 Å². The van der Waals surface area contributed by atoms with Crippen molar-refractivity contribution in [3.63, 3.8) is 0 Å². The summed E-state index contributed by atoms with van der Waals surface area (Å²) in [5.41, 5.74) is 5.62. The number of imide groups is 1. The first-order valence-electron chi connectivity index (χ1n) is 11.0. The average molecular weight is 468 g/mol. The molecule has 0 spiro atoms. The fourth-order valence-electron chi connectivity index (χ4n) is 4.94. The van der Waals surface area contributed by atoms with Gasteiger partial charge in [0.15, 0.2) is 0 Å². The number of carbonyl (C=O) groups is 2. The van der Waals surface area contributed by atoms with Gasteiger partial charge in [0.2, 0.25) is 11.8 Å². The minimum Gasteiger partial charge on any atom is -0.377 e. The molecule has 164 valence electrons. The number of fused-ring (bicyclic) bond motifs is 2. The van der Waals surface area contributed by atoms with Gasteiger partial charge in [0.1, 0.15) is 0 Å². The van der Waals surface area contributed by atoms with Crippen molar-refractivity contribution in [1.82, 2.24) is 9.88 Å². The van der Waals surface area contributed by atoms with Crippen LogP contribution in [0.25, 0.3) is 21.3 Å². The van der Waals surface area contributed by atoms with E-state index in [9.17, 15) is 9.59 Å². The fraction of sp³-hybridized carbons (Fsp3) is 0.375. The third-order valence-electron chi connectivity index (χ3n) is 6.57. The summed E-state index contributed by atoms with van der Waals surface area (Å²) in [6, 6.07) is 8.59. The molecular formula is C24H22ClN3O3S. The van der Waals surface area contributed by atoms with Gasteiger partial charge in [-0.15, -0.1) is 11.3 Å². The van der Waals surface area contributed by atoms with Crippen LogP contribution in [0.4, 0.5) is 5.69 Å². The van der Waals surface area contributed by atoms with E-state index in [1.54, 1.807) is 11.3 Å². The summed E-state index contributed by atoms with van der Waals surface area (Å²) in [6.07, 6.45) is 4.56. The highest BCUT2D eigenvalue weighted by molar-refractivity contribution is 7.19. The molecule has 1 aromatic carbocycles. The van der Waals surface area contributed by atoms with Gasteiger partial charge in [0, 0.05) is 52.3 Å². The van der Waals surface area contributed by atoms with Crippen LogP contribution < -0.4 is 4.90 Å². The average Bonchev–Trinajstić information content (AvgIpc) is 3.29. The lowest BCUT2D eigenvalue weighted by molar-refractivity contribution is -0.138. The Balaban J connectivity index is 1.46. The van der Waals surface area contributed by atoms with Crippen LogP contribution in [0.1, 0.15) is 29.7 Å². The Morgan fingerprint density at radius 3 is 2.66 bits per heavy atom. The number of carbonyl (C=O) groups excluding carboxylic acids is 2. The summed E-state index contributed by atoms with van der Waals surface area (Å²) in [5.74, 6) is -0.189. The second-order valence-corrected chi connectivity index (χ2v) is 10.2. The van der Waals surface area contributed by atoms with E-state index < -0.39 is 0 Å². The number of likely N-dealkylation sites (tertiary alicyclic amines) is 1. The SMILES string of the molecule is O=C1CCC(=O)N1Cc1cc2nccc(-c3cc(Cl)cc4c3N(C3COC3)CCC4)c2s1. The number of hydrogen-bond acceptors (Lipinski definition) is 6. The van der Waals surface area contributed by atoms with Gasteiger partial charge in [0.05, 0.1) is 36.0 Å². The van der Waals surface area contributed by atoms with Gasteiger partial charge >= 0.3 is 0 Å². The van der Waals surface area contributed by atoms with E-state index in [0.717, 1.165) is 63.8 Å². The van der Waals surface area contributed by atoms with E-state index in [1.807, 2.05) is 18.3 Å². The highest BCUT2D eigenvalue weighted by Gasteiger charge is 2.33. The van der Waals surface area contributed by atoms with Crippen molar-refractivity contribution >= 4 is 50.7 Å². The van der Waals surface area contributed by atoms with Gasteiger partial charge in [-0.1, -0.05) is 11.6 Å². The molecule has 3 aromatic rings. The summed E-state index contributed by atoms with van der Waals surface area (Å²) in [4.78, 5) is 33.6. The molecule has 6 rings (SSSR count). The van der Waals surface area contributed by atoms with E-state index in [2.05, 4.69) is 22.0 Å². The molecule has 2 fully saturated rings. The standard InChI is InChI=1S/C24H22ClN3O3S/c25-15-8-14-2-1-7-27(16-12-31-13-16)23(14)19(9-15)18-5-6-26-20-10-17(32-24(18)20)11-28-21(29)3-4-22(28)30/h5-6,8-10,16H,1-4,7,11-13H2. The molecule has 0 N–H and O–H groups in total. The molecule has 0 unspecified atom stereocenters. The quantitative estimate of drug-likeness (QED) is 0.531. The first-order chi connectivity index (χ1) is 15.6. The molecule has 5 heterocycles. The van der Waals surface area contributed by atoms with Gasteiger partial charge in [-0.2, -0.15) is 0 Å². The lowest BCUT2D eigenvalue weighted by Crippen LogP contribution is -2.51. The summed E-state index contributed by atoms with van der Waals surface area (Å²) < 4.78 is 6.55. The predicted octanol–water partition coefficient (Wildman–Crippen LogP) is 4.42. The zero-order valence-corrected chi connectivity index (χ0v) is 19.0. The topological polar surface area (TPSA) is 62.7 Å². The molecule has 8 heteroatoms. The molecule has 3 aliphatic rings. The minimum absolute atomic E-state index is 0.0945. The highest BCUT2D eigenvalue weighted by Crippen LogP contribution is 2.44. The van der Waals surface area contributed by atoms with Gasteiger partial charge in [-0.25, -0.2) is 0 Å². The molecular weight excluding hydrogens is 446 g/mol. The molecule has 3 aliphatic heterocycles. The summed E-state index contributed by atoms with van der Waals surface area (Å²) in [7, 11) is 0. The normalized spacial score (nSPS) is 19.0. The largest absolute Gasteiger partial charge is 0.377 e. The lowest BCUT2D eigenvalue weighted by Gasteiger charge is -2.43. The van der Waals surface area contributed by atoms with Crippen molar-refractivity contribution in [1.29, 1.82) is 0 Å². The van der Waals surface area contributed by atoms with Gasteiger partial charge in [-0.05, 0) is 42.7 Å². The number of nitrogens with zero attached hydrogens (tertiary/aromatic N) is 3. The molecule has 2 amide bonds. The number of halogens is 1. The maximum atomic E-state index is 12.1. The molecule has 0 aliphatic carbocycles. The van der Waals surface area contributed by atoms with Crippen molar-refractivity contribution in [2.75, 3.05) is 24.7 Å². The van der Waals surface area contributed by atoms with Crippen LogP contribution in [0.2, 0.25) is 5.02 Å². The van der Waals surface area contributed by atoms with Crippen molar-refractivity contribution in [2.45, 2.75) is 38.3 Å². The van der Waals surface area contributed by atoms with Crippen LogP contribution in [-0.2, 0) is 27.3 Å². The van der Waals surface area contributed by atoms with E-state index >= 15 is 0 Å². The number of amides is 2. The maximum absolute atomic E-state index is 12.1. The molecule has 32 heavy (non-hydrogen) atoms. The van der Waals surface area contributed by atoms with Gasteiger partial charge in [-0.3, -0.25) is 19.5 Å². The Morgan fingerprint density at radius 2 is 1.91 bits per heavy atom. The lowest BCUT2D eigenvalue weighted by atomic mass is 9.92. The summed E-state index contributed by atoms with van der Waals surface area (Å²) in [6.45, 7) is 2.85. The first-order valence-corrected chi connectivity index (χ1v) is 12.2. The number of hydrogen-bond donors (Lipinski definition) is 0. The number of aryl methyl sites for hydroxylation is 1. The first kappa shape index (κ1) is 20.1. The van der Waals surface area contributed by atoms with Crippen LogP contribution >= 0.6 is 22.9 Å². The Labute approximate surface area is 194 Å².